The summed E-state index contributed by atoms with van der Waals surface area (Å²) < 4.78 is 12.6. The Balaban J connectivity index is 1.69. The predicted molar refractivity (Wildman–Crippen MR) is 110 cm³/mol. The molecule has 146 valence electrons. The number of nitrogens with one attached hydrogen (secondary N) is 1. The van der Waals surface area contributed by atoms with E-state index in [0.717, 1.165) is 17.0 Å². The van der Waals surface area contributed by atoms with Gasteiger partial charge in [0.25, 0.3) is 5.91 Å². The van der Waals surface area contributed by atoms with Crippen LogP contribution in [0.1, 0.15) is 6.42 Å². The quantitative estimate of drug-likeness (QED) is 0.721. The first-order valence-electron chi connectivity index (χ1n) is 9.09. The van der Waals surface area contributed by atoms with Gasteiger partial charge in [-0.15, -0.1) is 0 Å². The van der Waals surface area contributed by atoms with Gasteiger partial charge in [0.15, 0.2) is 0 Å². The van der Waals surface area contributed by atoms with E-state index < -0.39 is 0 Å². The van der Waals surface area contributed by atoms with Gasteiger partial charge >= 0.3 is 0 Å². The van der Waals surface area contributed by atoms with E-state index >= 15 is 0 Å². The van der Waals surface area contributed by atoms with Gasteiger partial charge in [-0.25, -0.2) is 9.97 Å². The summed E-state index contributed by atoms with van der Waals surface area (Å²) in [6.45, 7) is 0. The zero-order valence-electron chi connectivity index (χ0n) is 16.1. The number of para-hydroxylation sites is 1. The van der Waals surface area contributed by atoms with Crippen molar-refractivity contribution in [1.82, 2.24) is 14.4 Å². The first-order chi connectivity index (χ1) is 14.2. The van der Waals surface area contributed by atoms with E-state index in [0.29, 0.717) is 29.2 Å². The molecule has 7 heteroatoms. The zero-order chi connectivity index (χ0) is 20.2. The van der Waals surface area contributed by atoms with Gasteiger partial charge in [0.1, 0.15) is 11.5 Å². The summed E-state index contributed by atoms with van der Waals surface area (Å²) in [5, 5.41) is 2.98. The Morgan fingerprint density at radius 2 is 2.03 bits per heavy atom. The first-order valence-corrected chi connectivity index (χ1v) is 9.09. The number of carbonyl (C=O) groups is 1. The monoisotopic (exact) mass is 388 g/mol. The average molecular weight is 388 g/mol. The number of amides is 1. The number of carbonyl (C=O) groups excluding carboxylic acids is 1. The Hall–Kier alpha value is -3.87. The number of aromatic nitrogens is 3. The molecular formula is C22H20N4O3. The molecular weight excluding hydrogens is 368 g/mol. The van der Waals surface area contributed by atoms with Crippen LogP contribution >= 0.6 is 0 Å². The SMILES string of the molecule is COC1=CC(OC)=C(C(=O)Nc2ccccc2-c2cn3cccnc3n2)C=CC1. The first kappa shape index (κ1) is 18.5. The van der Waals surface area contributed by atoms with E-state index in [4.69, 9.17) is 9.47 Å². The highest BCUT2D eigenvalue weighted by molar-refractivity contribution is 6.08. The number of nitrogens with zero attached hydrogens (tertiary/aromatic N) is 3. The van der Waals surface area contributed by atoms with Crippen LogP contribution < -0.4 is 5.32 Å². The number of allylic oxidation sites excluding steroid dienone is 2. The molecule has 1 aliphatic rings. The van der Waals surface area contributed by atoms with Crippen LogP contribution in [0.5, 0.6) is 0 Å². The van der Waals surface area contributed by atoms with Crippen molar-refractivity contribution in [1.29, 1.82) is 0 Å². The molecule has 1 aromatic carbocycles. The molecule has 0 saturated heterocycles. The van der Waals surface area contributed by atoms with E-state index in [9.17, 15) is 4.79 Å². The molecule has 0 unspecified atom stereocenters. The third-order valence-corrected chi connectivity index (χ3v) is 4.57. The second-order valence-electron chi connectivity index (χ2n) is 6.36. The maximum absolute atomic E-state index is 13.0. The lowest BCUT2D eigenvalue weighted by molar-refractivity contribution is -0.112. The van der Waals surface area contributed by atoms with E-state index in [-0.39, 0.29) is 5.91 Å². The molecule has 2 aromatic heterocycles. The molecule has 7 nitrogen and oxygen atoms in total. The molecule has 1 amide bonds. The number of anilines is 1. The molecule has 0 radical (unpaired) electrons. The summed E-state index contributed by atoms with van der Waals surface area (Å²) in [5.41, 5.74) is 2.60. The van der Waals surface area contributed by atoms with Crippen molar-refractivity contribution in [3.8, 4) is 11.3 Å². The van der Waals surface area contributed by atoms with Gasteiger partial charge in [-0.2, -0.15) is 0 Å². The normalized spacial score (nSPS) is 13.8. The smallest absolute Gasteiger partial charge is 0.259 e. The molecule has 0 fully saturated rings. The number of fused-ring (bicyclic) bond motifs is 1. The van der Waals surface area contributed by atoms with Crippen molar-refractivity contribution in [2.24, 2.45) is 0 Å². The number of hydrogen-bond donors (Lipinski definition) is 1. The predicted octanol–water partition coefficient (Wildman–Crippen LogP) is 3.73. The van der Waals surface area contributed by atoms with Crippen LogP contribution in [-0.2, 0) is 14.3 Å². The fourth-order valence-corrected chi connectivity index (χ4v) is 3.12. The van der Waals surface area contributed by atoms with Crippen molar-refractivity contribution < 1.29 is 14.3 Å². The molecule has 1 N–H and O–H groups in total. The molecule has 4 rings (SSSR count). The second-order valence-corrected chi connectivity index (χ2v) is 6.36. The van der Waals surface area contributed by atoms with Crippen molar-refractivity contribution >= 4 is 17.4 Å². The standard InChI is InChI=1S/C22H20N4O3/c1-28-15-7-5-9-17(20(13-15)29-2)21(27)24-18-10-4-3-8-16(18)19-14-26-12-6-11-23-22(26)25-19/h3-6,8-14H,7H2,1-2H3,(H,24,27). The number of hydrogen-bond acceptors (Lipinski definition) is 5. The molecule has 0 bridgehead atoms. The van der Waals surface area contributed by atoms with Crippen LogP contribution in [0, 0.1) is 0 Å². The molecule has 0 atom stereocenters. The highest BCUT2D eigenvalue weighted by Gasteiger charge is 2.18. The lowest BCUT2D eigenvalue weighted by Gasteiger charge is -2.12. The summed E-state index contributed by atoms with van der Waals surface area (Å²) in [5.74, 6) is 1.49. The maximum Gasteiger partial charge on any atom is 0.259 e. The van der Waals surface area contributed by atoms with Crippen molar-refractivity contribution in [3.05, 3.63) is 84.2 Å². The number of imidazole rings is 1. The largest absolute Gasteiger partial charge is 0.501 e. The van der Waals surface area contributed by atoms with Crippen LogP contribution in [0.3, 0.4) is 0 Å². The van der Waals surface area contributed by atoms with Crippen LogP contribution in [-0.4, -0.2) is 34.5 Å². The minimum atomic E-state index is -0.277. The minimum absolute atomic E-state index is 0.277. The Morgan fingerprint density at radius 1 is 1.17 bits per heavy atom. The number of ether oxygens (including phenoxy) is 2. The second kappa shape index (κ2) is 8.02. The molecule has 2 heterocycles. The van der Waals surface area contributed by atoms with E-state index in [1.165, 1.54) is 7.11 Å². The summed E-state index contributed by atoms with van der Waals surface area (Å²) in [6, 6.07) is 9.36. The van der Waals surface area contributed by atoms with E-state index in [2.05, 4.69) is 15.3 Å². The van der Waals surface area contributed by atoms with Crippen LogP contribution in [0.4, 0.5) is 5.69 Å². The molecule has 0 spiro atoms. The minimum Gasteiger partial charge on any atom is -0.501 e. The van der Waals surface area contributed by atoms with Crippen molar-refractivity contribution in [3.63, 3.8) is 0 Å². The van der Waals surface area contributed by atoms with E-state index in [1.54, 1.807) is 25.5 Å². The fourth-order valence-electron chi connectivity index (χ4n) is 3.12. The summed E-state index contributed by atoms with van der Waals surface area (Å²) in [7, 11) is 3.13. The molecule has 1 aliphatic carbocycles. The van der Waals surface area contributed by atoms with Gasteiger partial charge in [0.2, 0.25) is 5.78 Å². The Bertz CT molecular complexity index is 1120. The fraction of sp³-hybridized carbons (Fsp3) is 0.136. The summed E-state index contributed by atoms with van der Waals surface area (Å²) in [4.78, 5) is 21.8. The van der Waals surface area contributed by atoms with E-state index in [1.807, 2.05) is 53.2 Å². The van der Waals surface area contributed by atoms with Gasteiger partial charge in [-0.1, -0.05) is 24.3 Å². The van der Waals surface area contributed by atoms with Crippen molar-refractivity contribution in [2.45, 2.75) is 6.42 Å². The Labute approximate surface area is 168 Å². The third-order valence-electron chi connectivity index (χ3n) is 4.57. The molecule has 3 aromatic rings. The number of methoxy groups -OCH3 is 2. The van der Waals surface area contributed by atoms with Crippen LogP contribution in [0.25, 0.3) is 17.0 Å². The summed E-state index contributed by atoms with van der Waals surface area (Å²) in [6.07, 6.45) is 11.4. The van der Waals surface area contributed by atoms with Gasteiger partial charge in [-0.3, -0.25) is 9.20 Å². The zero-order valence-corrected chi connectivity index (χ0v) is 16.1. The molecule has 0 aliphatic heterocycles. The molecule has 29 heavy (non-hydrogen) atoms. The Kier molecular flexibility index (Phi) is 5.11. The highest BCUT2D eigenvalue weighted by Crippen LogP contribution is 2.28. The lowest BCUT2D eigenvalue weighted by Crippen LogP contribution is -2.16. The van der Waals surface area contributed by atoms with Crippen LogP contribution in [0.15, 0.2) is 84.2 Å². The molecule has 0 saturated carbocycles. The van der Waals surface area contributed by atoms with Crippen LogP contribution in [0.2, 0.25) is 0 Å². The lowest BCUT2D eigenvalue weighted by atomic mass is 10.1. The highest BCUT2D eigenvalue weighted by atomic mass is 16.5. The Morgan fingerprint density at radius 3 is 2.83 bits per heavy atom. The maximum atomic E-state index is 13.0. The van der Waals surface area contributed by atoms with Crippen molar-refractivity contribution in [2.75, 3.05) is 19.5 Å². The van der Waals surface area contributed by atoms with Gasteiger partial charge in [0, 0.05) is 36.7 Å². The topological polar surface area (TPSA) is 77.8 Å². The number of benzene rings is 1. The van der Waals surface area contributed by atoms with Gasteiger partial charge in [-0.05, 0) is 18.2 Å². The number of rotatable bonds is 5. The van der Waals surface area contributed by atoms with Gasteiger partial charge in [0.05, 0.1) is 31.2 Å². The average Bonchev–Trinajstić information content (AvgIpc) is 3.06. The third kappa shape index (κ3) is 3.75. The summed E-state index contributed by atoms with van der Waals surface area (Å²) >= 11 is 0. The van der Waals surface area contributed by atoms with Gasteiger partial charge < -0.3 is 14.8 Å².